The van der Waals surface area contributed by atoms with Crippen molar-refractivity contribution in [1.82, 2.24) is 14.9 Å². The molecule has 3 heterocycles. The molecule has 0 spiro atoms. The van der Waals surface area contributed by atoms with E-state index in [1.807, 2.05) is 19.3 Å². The van der Waals surface area contributed by atoms with Crippen LogP contribution in [-0.4, -0.2) is 28.0 Å². The van der Waals surface area contributed by atoms with Crippen LogP contribution in [0.2, 0.25) is 0 Å². The summed E-state index contributed by atoms with van der Waals surface area (Å²) in [7, 11) is 0. The van der Waals surface area contributed by atoms with Gasteiger partial charge in [0.15, 0.2) is 0 Å². The van der Waals surface area contributed by atoms with Crippen molar-refractivity contribution in [2.24, 2.45) is 0 Å². The molecule has 0 aliphatic carbocycles. The lowest BCUT2D eigenvalue weighted by atomic mass is 9.94. The number of piperidine rings is 1. The number of hydrogen-bond donors (Lipinski definition) is 0. The van der Waals surface area contributed by atoms with Gasteiger partial charge in [0.25, 0.3) is 0 Å². The van der Waals surface area contributed by atoms with E-state index in [-0.39, 0.29) is 0 Å². The lowest BCUT2D eigenvalue weighted by molar-refractivity contribution is 0.198. The average molecular weight is 273 g/mol. The first-order valence-corrected chi connectivity index (χ1v) is 7.77. The minimum Gasteiger partial charge on any atom is -0.298 e. The fourth-order valence-electron chi connectivity index (χ4n) is 2.76. The molecule has 100 valence electrons. The Balaban J connectivity index is 1.67. The second kappa shape index (κ2) is 5.80. The Hall–Kier alpha value is -1.26. The van der Waals surface area contributed by atoms with Gasteiger partial charge in [0.05, 0.1) is 11.4 Å². The summed E-state index contributed by atoms with van der Waals surface area (Å²) in [6.45, 7) is 5.39. The molecule has 0 bridgehead atoms. The maximum atomic E-state index is 4.64. The van der Waals surface area contributed by atoms with Gasteiger partial charge >= 0.3 is 0 Å². The topological polar surface area (TPSA) is 29.0 Å². The summed E-state index contributed by atoms with van der Waals surface area (Å²) in [6, 6.07) is 2.22. The van der Waals surface area contributed by atoms with Crippen molar-refractivity contribution in [3.63, 3.8) is 0 Å². The van der Waals surface area contributed by atoms with Crippen LogP contribution in [0.25, 0.3) is 0 Å². The second-order valence-corrected chi connectivity index (χ2v) is 6.07. The van der Waals surface area contributed by atoms with Crippen LogP contribution < -0.4 is 0 Å². The molecule has 0 amide bonds. The van der Waals surface area contributed by atoms with Gasteiger partial charge in [0.2, 0.25) is 0 Å². The highest BCUT2D eigenvalue weighted by atomic mass is 32.1. The summed E-state index contributed by atoms with van der Waals surface area (Å²) in [5.74, 6) is 0.541. The lowest BCUT2D eigenvalue weighted by Crippen LogP contribution is -2.34. The Kier molecular flexibility index (Phi) is 3.89. The Morgan fingerprint density at radius 2 is 2.37 bits per heavy atom. The van der Waals surface area contributed by atoms with E-state index in [9.17, 15) is 0 Å². The molecule has 0 saturated carbocycles. The molecule has 2 aromatic rings. The van der Waals surface area contributed by atoms with Crippen molar-refractivity contribution in [3.8, 4) is 0 Å². The van der Waals surface area contributed by atoms with Crippen LogP contribution >= 0.6 is 11.3 Å². The number of likely N-dealkylation sites (tertiary alicyclic amines) is 1. The molecule has 2 aromatic heterocycles. The number of rotatable bonds is 3. The second-order valence-electron chi connectivity index (χ2n) is 5.29. The van der Waals surface area contributed by atoms with E-state index >= 15 is 0 Å². The molecular formula is C15H19N3S. The van der Waals surface area contributed by atoms with Crippen molar-refractivity contribution in [1.29, 1.82) is 0 Å². The van der Waals surface area contributed by atoms with Crippen molar-refractivity contribution in [2.45, 2.75) is 32.2 Å². The fraction of sp³-hybridized carbons (Fsp3) is 0.467. The summed E-state index contributed by atoms with van der Waals surface area (Å²) in [5.41, 5.74) is 3.61. The molecule has 1 atom stereocenters. The third-order valence-electron chi connectivity index (χ3n) is 3.68. The highest BCUT2D eigenvalue weighted by molar-refractivity contribution is 7.07. The molecule has 19 heavy (non-hydrogen) atoms. The monoisotopic (exact) mass is 273 g/mol. The highest BCUT2D eigenvalue weighted by Gasteiger charge is 2.22. The van der Waals surface area contributed by atoms with Crippen LogP contribution in [0.3, 0.4) is 0 Å². The minimum atomic E-state index is 0.541. The Labute approximate surface area is 118 Å². The van der Waals surface area contributed by atoms with Gasteiger partial charge in [-0.3, -0.25) is 14.9 Å². The van der Waals surface area contributed by atoms with E-state index in [4.69, 9.17) is 0 Å². The SMILES string of the molecule is Cc1cncc(C2CCCN(Cc3ccsc3)C2)n1. The van der Waals surface area contributed by atoms with Crippen LogP contribution in [0, 0.1) is 6.92 Å². The molecule has 3 rings (SSSR count). The highest BCUT2D eigenvalue weighted by Crippen LogP contribution is 2.26. The number of thiophene rings is 1. The number of aryl methyl sites for hydroxylation is 1. The molecule has 1 aliphatic rings. The molecule has 0 N–H and O–H groups in total. The summed E-state index contributed by atoms with van der Waals surface area (Å²) in [6.07, 6.45) is 6.25. The maximum absolute atomic E-state index is 4.64. The Morgan fingerprint density at radius 3 is 3.16 bits per heavy atom. The number of nitrogens with zero attached hydrogens (tertiary/aromatic N) is 3. The van der Waals surface area contributed by atoms with E-state index in [2.05, 4.69) is 31.7 Å². The van der Waals surface area contributed by atoms with Gasteiger partial charge in [-0.1, -0.05) is 0 Å². The zero-order chi connectivity index (χ0) is 13.1. The first kappa shape index (κ1) is 12.8. The largest absolute Gasteiger partial charge is 0.298 e. The molecule has 1 aliphatic heterocycles. The van der Waals surface area contributed by atoms with Crippen molar-refractivity contribution < 1.29 is 0 Å². The molecule has 3 nitrogen and oxygen atoms in total. The molecule has 1 saturated heterocycles. The third-order valence-corrected chi connectivity index (χ3v) is 4.42. The van der Waals surface area contributed by atoms with Crippen LogP contribution in [0.1, 0.15) is 35.7 Å². The number of hydrogen-bond acceptors (Lipinski definition) is 4. The first-order chi connectivity index (χ1) is 9.31. The summed E-state index contributed by atoms with van der Waals surface area (Å²) in [4.78, 5) is 11.5. The van der Waals surface area contributed by atoms with Gasteiger partial charge in [0, 0.05) is 31.4 Å². The molecular weight excluding hydrogens is 254 g/mol. The zero-order valence-corrected chi connectivity index (χ0v) is 12.1. The Bertz CT molecular complexity index is 524. The van der Waals surface area contributed by atoms with Crippen LogP contribution in [0.15, 0.2) is 29.2 Å². The average Bonchev–Trinajstić information content (AvgIpc) is 2.92. The van der Waals surface area contributed by atoms with Crippen LogP contribution in [0.4, 0.5) is 0 Å². The zero-order valence-electron chi connectivity index (χ0n) is 11.2. The molecule has 0 radical (unpaired) electrons. The van der Waals surface area contributed by atoms with E-state index in [0.717, 1.165) is 24.5 Å². The molecule has 1 fully saturated rings. The minimum absolute atomic E-state index is 0.541. The smallest absolute Gasteiger partial charge is 0.0633 e. The van der Waals surface area contributed by atoms with E-state index in [1.165, 1.54) is 24.9 Å². The predicted octanol–water partition coefficient (Wildman–Crippen LogP) is 3.23. The van der Waals surface area contributed by atoms with Gasteiger partial charge in [-0.15, -0.1) is 0 Å². The summed E-state index contributed by atoms with van der Waals surface area (Å²) < 4.78 is 0. The fourth-order valence-corrected chi connectivity index (χ4v) is 3.42. The van der Waals surface area contributed by atoms with Crippen molar-refractivity contribution >= 4 is 11.3 Å². The third kappa shape index (κ3) is 3.19. The number of aromatic nitrogens is 2. The van der Waals surface area contributed by atoms with Crippen LogP contribution in [-0.2, 0) is 6.54 Å². The molecule has 1 unspecified atom stereocenters. The lowest BCUT2D eigenvalue weighted by Gasteiger charge is -2.32. The summed E-state index contributed by atoms with van der Waals surface area (Å²) >= 11 is 1.78. The Morgan fingerprint density at radius 1 is 1.42 bits per heavy atom. The van der Waals surface area contributed by atoms with Gasteiger partial charge in [-0.2, -0.15) is 11.3 Å². The van der Waals surface area contributed by atoms with E-state index in [1.54, 1.807) is 11.3 Å². The van der Waals surface area contributed by atoms with Gasteiger partial charge in [0.1, 0.15) is 0 Å². The van der Waals surface area contributed by atoms with Crippen molar-refractivity contribution in [2.75, 3.05) is 13.1 Å². The van der Waals surface area contributed by atoms with Gasteiger partial charge in [-0.25, -0.2) is 0 Å². The first-order valence-electron chi connectivity index (χ1n) is 6.83. The van der Waals surface area contributed by atoms with E-state index in [0.29, 0.717) is 5.92 Å². The van der Waals surface area contributed by atoms with Crippen LogP contribution in [0.5, 0.6) is 0 Å². The summed E-state index contributed by atoms with van der Waals surface area (Å²) in [5, 5.41) is 4.40. The normalized spacial score (nSPS) is 20.6. The maximum Gasteiger partial charge on any atom is 0.0633 e. The van der Waals surface area contributed by atoms with Gasteiger partial charge in [-0.05, 0) is 48.7 Å². The quantitative estimate of drug-likeness (QED) is 0.859. The molecule has 0 aromatic carbocycles. The molecule has 4 heteroatoms. The van der Waals surface area contributed by atoms with E-state index < -0.39 is 0 Å². The predicted molar refractivity (Wildman–Crippen MR) is 78.3 cm³/mol. The standard InChI is InChI=1S/C15H19N3S/c1-12-7-16-8-15(17-12)14-3-2-5-18(10-14)9-13-4-6-19-11-13/h4,6-8,11,14H,2-3,5,9-10H2,1H3. The van der Waals surface area contributed by atoms with Gasteiger partial charge < -0.3 is 0 Å². The van der Waals surface area contributed by atoms with Crippen molar-refractivity contribution in [3.05, 3.63) is 46.2 Å².